The highest BCUT2D eigenvalue weighted by atomic mass is 16.6. The molecule has 0 spiro atoms. The number of carbonyl (C=O) groups excluding carboxylic acids is 4. The van der Waals surface area contributed by atoms with Crippen LogP contribution in [0.2, 0.25) is 0 Å². The summed E-state index contributed by atoms with van der Waals surface area (Å²) >= 11 is 0. The fourth-order valence-corrected chi connectivity index (χ4v) is 3.49. The second kappa shape index (κ2) is 11.8. The monoisotopic (exact) mass is 456 g/mol. The Balaban J connectivity index is 2.72. The molecule has 0 fully saturated rings. The number of ether oxygens (including phenoxy) is 4. The van der Waals surface area contributed by atoms with Crippen LogP contribution in [-0.4, -0.2) is 49.6 Å². The highest BCUT2D eigenvalue weighted by Gasteiger charge is 2.59. The van der Waals surface area contributed by atoms with Crippen LogP contribution in [0.1, 0.15) is 49.0 Å². The molecule has 0 aliphatic heterocycles. The summed E-state index contributed by atoms with van der Waals surface area (Å²) in [4.78, 5) is 51.8. The Labute approximate surface area is 192 Å². The number of rotatable bonds is 11. The SMILES string of the molecule is CCOC(=O)C(OC(C)=O)(C(=O)OCC)C(CC(=O)c1ccccc1)c1ccc(OC)cc1. The van der Waals surface area contributed by atoms with Gasteiger partial charge < -0.3 is 18.9 Å². The van der Waals surface area contributed by atoms with E-state index in [0.29, 0.717) is 16.9 Å². The number of esters is 3. The van der Waals surface area contributed by atoms with Gasteiger partial charge in [0, 0.05) is 18.9 Å². The lowest BCUT2D eigenvalue weighted by Gasteiger charge is -2.35. The number of ketones is 1. The lowest BCUT2D eigenvalue weighted by molar-refractivity contribution is -0.198. The molecule has 0 N–H and O–H groups in total. The van der Waals surface area contributed by atoms with Gasteiger partial charge in [-0.15, -0.1) is 0 Å². The first-order chi connectivity index (χ1) is 15.8. The Morgan fingerprint density at radius 2 is 1.39 bits per heavy atom. The minimum Gasteiger partial charge on any atom is -0.497 e. The number of Topliss-reactive ketones (excluding diaryl/α,β-unsaturated/α-hetero) is 1. The first-order valence-corrected chi connectivity index (χ1v) is 10.6. The lowest BCUT2D eigenvalue weighted by Crippen LogP contribution is -2.56. The second-order valence-electron chi connectivity index (χ2n) is 7.09. The maximum absolute atomic E-state index is 13.2. The molecule has 0 saturated heterocycles. The van der Waals surface area contributed by atoms with Crippen molar-refractivity contribution in [2.75, 3.05) is 20.3 Å². The second-order valence-corrected chi connectivity index (χ2v) is 7.09. The fourth-order valence-electron chi connectivity index (χ4n) is 3.49. The van der Waals surface area contributed by atoms with E-state index in [-0.39, 0.29) is 25.4 Å². The predicted molar refractivity (Wildman–Crippen MR) is 119 cm³/mol. The average Bonchev–Trinajstić information content (AvgIpc) is 2.81. The topological polar surface area (TPSA) is 105 Å². The van der Waals surface area contributed by atoms with E-state index < -0.39 is 29.4 Å². The molecule has 1 atom stereocenters. The quantitative estimate of drug-likeness (QED) is 0.219. The van der Waals surface area contributed by atoms with Crippen LogP contribution in [-0.2, 0) is 28.6 Å². The van der Waals surface area contributed by atoms with Crippen LogP contribution in [0.5, 0.6) is 5.75 Å². The van der Waals surface area contributed by atoms with Gasteiger partial charge in [-0.2, -0.15) is 0 Å². The van der Waals surface area contributed by atoms with Crippen LogP contribution in [0.4, 0.5) is 0 Å². The molecule has 33 heavy (non-hydrogen) atoms. The molecular weight excluding hydrogens is 428 g/mol. The first-order valence-electron chi connectivity index (χ1n) is 10.6. The minimum atomic E-state index is -2.52. The molecule has 2 aromatic carbocycles. The van der Waals surface area contributed by atoms with Crippen molar-refractivity contribution >= 4 is 23.7 Å². The third-order valence-electron chi connectivity index (χ3n) is 4.96. The summed E-state index contributed by atoms with van der Waals surface area (Å²) in [6, 6.07) is 14.8. The van der Waals surface area contributed by atoms with Gasteiger partial charge in [-0.25, -0.2) is 9.59 Å². The summed E-state index contributed by atoms with van der Waals surface area (Å²) in [7, 11) is 1.49. The molecule has 2 aromatic rings. The zero-order chi connectivity index (χ0) is 24.4. The van der Waals surface area contributed by atoms with E-state index in [1.54, 1.807) is 68.4 Å². The number of benzene rings is 2. The Kier molecular flexibility index (Phi) is 9.15. The van der Waals surface area contributed by atoms with Crippen molar-refractivity contribution in [2.45, 2.75) is 38.7 Å². The Bertz CT molecular complexity index is 948. The normalized spacial score (nSPS) is 11.8. The highest BCUT2D eigenvalue weighted by molar-refractivity contribution is 6.08. The van der Waals surface area contributed by atoms with Crippen molar-refractivity contribution in [1.29, 1.82) is 0 Å². The van der Waals surface area contributed by atoms with Gasteiger partial charge in [-0.1, -0.05) is 42.5 Å². The van der Waals surface area contributed by atoms with Gasteiger partial charge in [0.1, 0.15) is 5.75 Å². The Hall–Kier alpha value is -3.68. The Morgan fingerprint density at radius 3 is 1.85 bits per heavy atom. The van der Waals surface area contributed by atoms with E-state index in [0.717, 1.165) is 6.92 Å². The molecule has 1 unspecified atom stereocenters. The molecule has 0 aliphatic carbocycles. The zero-order valence-corrected chi connectivity index (χ0v) is 19.2. The zero-order valence-electron chi connectivity index (χ0n) is 19.2. The van der Waals surface area contributed by atoms with E-state index in [2.05, 4.69) is 0 Å². The van der Waals surface area contributed by atoms with E-state index in [9.17, 15) is 19.2 Å². The van der Waals surface area contributed by atoms with Gasteiger partial charge in [-0.3, -0.25) is 9.59 Å². The van der Waals surface area contributed by atoms with Crippen molar-refractivity contribution < 1.29 is 38.1 Å². The van der Waals surface area contributed by atoms with Crippen LogP contribution >= 0.6 is 0 Å². The molecule has 0 bridgehead atoms. The van der Waals surface area contributed by atoms with Gasteiger partial charge in [0.2, 0.25) is 0 Å². The molecule has 0 amide bonds. The van der Waals surface area contributed by atoms with Crippen molar-refractivity contribution in [3.8, 4) is 5.75 Å². The molecule has 176 valence electrons. The summed E-state index contributed by atoms with van der Waals surface area (Å²) in [5.41, 5.74) is -1.75. The van der Waals surface area contributed by atoms with Gasteiger partial charge in [0.15, 0.2) is 5.78 Å². The molecule has 0 saturated carbocycles. The van der Waals surface area contributed by atoms with Crippen LogP contribution in [0.15, 0.2) is 54.6 Å². The summed E-state index contributed by atoms with van der Waals surface area (Å²) < 4.78 is 20.9. The average molecular weight is 456 g/mol. The highest BCUT2D eigenvalue weighted by Crippen LogP contribution is 2.39. The van der Waals surface area contributed by atoms with Gasteiger partial charge in [0.25, 0.3) is 0 Å². The smallest absolute Gasteiger partial charge is 0.363 e. The van der Waals surface area contributed by atoms with E-state index in [1.807, 2.05) is 0 Å². The molecule has 0 radical (unpaired) electrons. The van der Waals surface area contributed by atoms with E-state index >= 15 is 0 Å². The van der Waals surface area contributed by atoms with E-state index in [4.69, 9.17) is 18.9 Å². The standard InChI is InChI=1S/C25H28O8/c1-5-31-23(28)25(33-17(3)26,24(29)32-6-2)21(18-12-14-20(30-4)15-13-18)16-22(27)19-10-8-7-9-11-19/h7-15,21H,5-6,16H2,1-4H3. The largest absolute Gasteiger partial charge is 0.497 e. The molecular formula is C25H28O8. The van der Waals surface area contributed by atoms with Crippen molar-refractivity contribution in [1.82, 2.24) is 0 Å². The Morgan fingerprint density at radius 1 is 0.848 bits per heavy atom. The number of hydrogen-bond donors (Lipinski definition) is 0. The summed E-state index contributed by atoms with van der Waals surface area (Å²) in [6.07, 6.45) is -0.332. The van der Waals surface area contributed by atoms with Crippen LogP contribution < -0.4 is 4.74 Å². The summed E-state index contributed by atoms with van der Waals surface area (Å²) in [6.45, 7) is 4.02. The van der Waals surface area contributed by atoms with Gasteiger partial charge >= 0.3 is 23.5 Å². The van der Waals surface area contributed by atoms with Crippen LogP contribution in [0.25, 0.3) is 0 Å². The van der Waals surface area contributed by atoms with Gasteiger partial charge in [0.05, 0.1) is 26.2 Å². The maximum Gasteiger partial charge on any atom is 0.363 e. The predicted octanol–water partition coefficient (Wildman–Crippen LogP) is 3.48. The molecule has 8 heteroatoms. The molecule has 2 rings (SSSR count). The third kappa shape index (κ3) is 5.97. The summed E-state index contributed by atoms with van der Waals surface area (Å²) in [5.74, 6) is -4.18. The molecule has 0 aliphatic rings. The fraction of sp³-hybridized carbons (Fsp3) is 0.360. The summed E-state index contributed by atoms with van der Waals surface area (Å²) in [5, 5.41) is 0. The van der Waals surface area contributed by atoms with Crippen LogP contribution in [0, 0.1) is 0 Å². The third-order valence-corrected chi connectivity index (χ3v) is 4.96. The number of methoxy groups -OCH3 is 1. The first kappa shape index (κ1) is 25.6. The van der Waals surface area contributed by atoms with Gasteiger partial charge in [-0.05, 0) is 31.5 Å². The van der Waals surface area contributed by atoms with Crippen LogP contribution in [0.3, 0.4) is 0 Å². The lowest BCUT2D eigenvalue weighted by atomic mass is 9.77. The van der Waals surface area contributed by atoms with Crippen molar-refractivity contribution in [2.24, 2.45) is 0 Å². The van der Waals surface area contributed by atoms with Crippen molar-refractivity contribution in [3.05, 3.63) is 65.7 Å². The van der Waals surface area contributed by atoms with E-state index in [1.165, 1.54) is 7.11 Å². The molecule has 8 nitrogen and oxygen atoms in total. The van der Waals surface area contributed by atoms with Crippen molar-refractivity contribution in [3.63, 3.8) is 0 Å². The maximum atomic E-state index is 13.2. The molecule has 0 aromatic heterocycles. The number of carbonyl (C=O) groups is 4. The number of hydrogen-bond acceptors (Lipinski definition) is 8. The molecule has 0 heterocycles. The minimum absolute atomic E-state index is 0.0801.